The largest absolute Gasteiger partial charge is 0.493 e. The Balaban J connectivity index is 1.65. The lowest BCUT2D eigenvalue weighted by Gasteiger charge is -2.18. The maximum atomic E-state index is 14.4. The molecule has 3 aromatic rings. The summed E-state index contributed by atoms with van der Waals surface area (Å²) in [7, 11) is 1.51. The van der Waals surface area contributed by atoms with Crippen molar-refractivity contribution >= 4 is 39.9 Å². The number of ether oxygens (including phenoxy) is 2. The topological polar surface area (TPSA) is 76.6 Å². The van der Waals surface area contributed by atoms with Crippen molar-refractivity contribution in [1.29, 1.82) is 0 Å². The molecule has 7 nitrogen and oxygen atoms in total. The highest BCUT2D eigenvalue weighted by molar-refractivity contribution is 6.31. The molecule has 0 radical (unpaired) electrons. The lowest BCUT2D eigenvalue weighted by Crippen LogP contribution is -2.29. The molecule has 0 unspecified atom stereocenters. The van der Waals surface area contributed by atoms with E-state index < -0.39 is 16.7 Å². The van der Waals surface area contributed by atoms with E-state index in [-0.39, 0.29) is 23.5 Å². The van der Waals surface area contributed by atoms with Crippen LogP contribution in [0.4, 0.5) is 20.3 Å². The minimum absolute atomic E-state index is 0.0337. The van der Waals surface area contributed by atoms with Crippen LogP contribution in [-0.2, 0) is 4.79 Å². The van der Waals surface area contributed by atoms with Crippen molar-refractivity contribution in [2.24, 2.45) is 0 Å². The van der Waals surface area contributed by atoms with E-state index in [1.807, 2.05) is 0 Å². The molecule has 1 N–H and O–H groups in total. The average Bonchev–Trinajstić information content (AvgIpc) is 3.28. The summed E-state index contributed by atoms with van der Waals surface area (Å²) in [6.07, 6.45) is 4.99. The molecule has 0 saturated carbocycles. The molecule has 10 heteroatoms. The van der Waals surface area contributed by atoms with E-state index in [0.717, 1.165) is 6.07 Å². The van der Waals surface area contributed by atoms with Crippen LogP contribution in [0.2, 0.25) is 5.02 Å². The fraction of sp³-hybridized carbons (Fsp3) is 0.261. The summed E-state index contributed by atoms with van der Waals surface area (Å²) in [5.41, 5.74) is 0.496. The average molecular weight is 475 g/mol. The number of methoxy groups -OCH3 is 1. The van der Waals surface area contributed by atoms with Gasteiger partial charge in [-0.25, -0.2) is 18.7 Å². The van der Waals surface area contributed by atoms with Crippen LogP contribution in [0.1, 0.15) is 13.3 Å². The van der Waals surface area contributed by atoms with Gasteiger partial charge in [0, 0.05) is 24.4 Å². The zero-order valence-electron chi connectivity index (χ0n) is 17.9. The van der Waals surface area contributed by atoms with Gasteiger partial charge in [-0.05, 0) is 31.2 Å². The number of hydrogen-bond donors (Lipinski definition) is 1. The van der Waals surface area contributed by atoms with Crippen LogP contribution in [-0.4, -0.2) is 47.1 Å². The summed E-state index contributed by atoms with van der Waals surface area (Å²) in [6, 6.07) is 5.68. The molecule has 33 heavy (non-hydrogen) atoms. The Morgan fingerprint density at radius 3 is 2.85 bits per heavy atom. The number of hydrogen-bond acceptors (Lipinski definition) is 6. The third-order valence-electron chi connectivity index (χ3n) is 5.27. The molecule has 2 aromatic carbocycles. The second-order valence-electron chi connectivity index (χ2n) is 7.40. The number of aromatic nitrogens is 2. The minimum atomic E-state index is -0.926. The van der Waals surface area contributed by atoms with Crippen molar-refractivity contribution in [3.05, 3.63) is 59.4 Å². The number of amides is 1. The van der Waals surface area contributed by atoms with E-state index in [0.29, 0.717) is 41.9 Å². The molecule has 1 aliphatic heterocycles. The number of likely N-dealkylation sites (tertiary alicyclic amines) is 1. The van der Waals surface area contributed by atoms with Crippen molar-refractivity contribution in [1.82, 2.24) is 14.9 Å². The highest BCUT2D eigenvalue weighted by Gasteiger charge is 2.27. The van der Waals surface area contributed by atoms with Crippen LogP contribution in [0.5, 0.6) is 11.5 Å². The molecular formula is C23H21ClF2N4O3. The van der Waals surface area contributed by atoms with Crippen LogP contribution in [0.15, 0.2) is 42.7 Å². The van der Waals surface area contributed by atoms with Gasteiger partial charge in [0.2, 0.25) is 5.91 Å². The first kappa shape index (κ1) is 22.7. The quantitative estimate of drug-likeness (QED) is 0.406. The van der Waals surface area contributed by atoms with Gasteiger partial charge in [-0.2, -0.15) is 0 Å². The van der Waals surface area contributed by atoms with Crippen LogP contribution >= 0.6 is 11.6 Å². The number of benzene rings is 2. The SMILES string of the molecule is C/C=C/C(=O)N1CC[C@H](Oc2cc3c(Nc4ccc(F)c(Cl)c4F)ncnc3cc2OC)C1. The third-order valence-corrected chi connectivity index (χ3v) is 5.62. The first-order chi connectivity index (χ1) is 15.9. The van der Waals surface area contributed by atoms with Gasteiger partial charge in [0.15, 0.2) is 17.3 Å². The molecule has 172 valence electrons. The van der Waals surface area contributed by atoms with Gasteiger partial charge >= 0.3 is 0 Å². The fourth-order valence-electron chi connectivity index (χ4n) is 3.62. The van der Waals surface area contributed by atoms with Gasteiger partial charge in [0.25, 0.3) is 0 Å². The lowest BCUT2D eigenvalue weighted by atomic mass is 10.2. The number of rotatable bonds is 6. The highest BCUT2D eigenvalue weighted by Crippen LogP contribution is 2.37. The van der Waals surface area contributed by atoms with Crippen LogP contribution in [0.25, 0.3) is 10.9 Å². The van der Waals surface area contributed by atoms with Crippen molar-refractivity contribution in [2.45, 2.75) is 19.4 Å². The maximum Gasteiger partial charge on any atom is 0.246 e. The van der Waals surface area contributed by atoms with Gasteiger partial charge < -0.3 is 19.7 Å². The first-order valence-corrected chi connectivity index (χ1v) is 10.6. The Labute approximate surface area is 194 Å². The predicted molar refractivity (Wildman–Crippen MR) is 121 cm³/mol. The second-order valence-corrected chi connectivity index (χ2v) is 7.78. The Morgan fingerprint density at radius 1 is 1.27 bits per heavy atom. The van der Waals surface area contributed by atoms with Crippen LogP contribution < -0.4 is 14.8 Å². The second kappa shape index (κ2) is 9.58. The Hall–Kier alpha value is -3.46. The number of carbonyl (C=O) groups excluding carboxylic acids is 1. The monoisotopic (exact) mass is 474 g/mol. The molecule has 1 fully saturated rings. The molecule has 0 aliphatic carbocycles. The molecule has 1 aliphatic rings. The van der Waals surface area contributed by atoms with Crippen molar-refractivity contribution < 1.29 is 23.0 Å². The predicted octanol–water partition coefficient (Wildman–Crippen LogP) is 4.87. The Bertz CT molecular complexity index is 1240. The molecule has 1 saturated heterocycles. The number of anilines is 2. The van der Waals surface area contributed by atoms with E-state index in [2.05, 4.69) is 15.3 Å². The summed E-state index contributed by atoms with van der Waals surface area (Å²) < 4.78 is 39.6. The number of fused-ring (bicyclic) bond motifs is 1. The zero-order chi connectivity index (χ0) is 23.5. The summed E-state index contributed by atoms with van der Waals surface area (Å²) >= 11 is 5.69. The summed E-state index contributed by atoms with van der Waals surface area (Å²) in [5, 5.41) is 2.77. The number of carbonyl (C=O) groups is 1. The molecule has 0 spiro atoms. The number of halogens is 3. The fourth-order valence-corrected chi connectivity index (χ4v) is 3.78. The molecule has 1 aromatic heterocycles. The van der Waals surface area contributed by atoms with Gasteiger partial charge in [0.1, 0.15) is 29.1 Å². The molecule has 1 atom stereocenters. The van der Waals surface area contributed by atoms with Gasteiger partial charge in [-0.1, -0.05) is 17.7 Å². The molecular weight excluding hydrogens is 454 g/mol. The summed E-state index contributed by atoms with van der Waals surface area (Å²) in [5.74, 6) is -0.664. The van der Waals surface area contributed by atoms with E-state index in [1.165, 1.54) is 25.6 Å². The van der Waals surface area contributed by atoms with Crippen molar-refractivity contribution in [3.8, 4) is 11.5 Å². The standard InChI is InChI=1S/C23H21ClF2N4O3/c1-3-4-20(31)30-8-7-13(11-30)33-19-9-14-17(10-18(19)32-2)27-12-28-23(14)29-16-6-5-15(25)21(24)22(16)26/h3-6,9-10,12-13H,7-8,11H2,1-2H3,(H,27,28,29)/b4-3+/t13-/m0/s1. The zero-order valence-corrected chi connectivity index (χ0v) is 18.7. The molecule has 2 heterocycles. The van der Waals surface area contributed by atoms with Crippen LogP contribution in [0.3, 0.4) is 0 Å². The first-order valence-electron chi connectivity index (χ1n) is 10.2. The van der Waals surface area contributed by atoms with Crippen LogP contribution in [0, 0.1) is 11.6 Å². The Kier molecular flexibility index (Phi) is 6.60. The lowest BCUT2D eigenvalue weighted by molar-refractivity contribution is -0.125. The van der Waals surface area contributed by atoms with E-state index in [4.69, 9.17) is 21.1 Å². The summed E-state index contributed by atoms with van der Waals surface area (Å²) in [6.45, 7) is 2.83. The minimum Gasteiger partial charge on any atom is -0.493 e. The van der Waals surface area contributed by atoms with Gasteiger partial charge in [-0.3, -0.25) is 4.79 Å². The van der Waals surface area contributed by atoms with Crippen molar-refractivity contribution in [3.63, 3.8) is 0 Å². The van der Waals surface area contributed by atoms with Gasteiger partial charge in [-0.15, -0.1) is 0 Å². The molecule has 0 bridgehead atoms. The molecule has 1 amide bonds. The Morgan fingerprint density at radius 2 is 2.09 bits per heavy atom. The van der Waals surface area contributed by atoms with E-state index in [1.54, 1.807) is 30.0 Å². The normalized spacial score (nSPS) is 15.9. The van der Waals surface area contributed by atoms with E-state index >= 15 is 0 Å². The number of allylic oxidation sites excluding steroid dienone is 1. The summed E-state index contributed by atoms with van der Waals surface area (Å²) in [4.78, 5) is 22.3. The highest BCUT2D eigenvalue weighted by atomic mass is 35.5. The van der Waals surface area contributed by atoms with Crippen molar-refractivity contribution in [2.75, 3.05) is 25.5 Å². The van der Waals surface area contributed by atoms with Gasteiger partial charge in [0.05, 0.1) is 24.9 Å². The molecule has 4 rings (SSSR count). The number of nitrogens with one attached hydrogen (secondary N) is 1. The third kappa shape index (κ3) is 4.68. The number of nitrogens with zero attached hydrogens (tertiary/aromatic N) is 3. The van der Waals surface area contributed by atoms with E-state index in [9.17, 15) is 13.6 Å². The maximum absolute atomic E-state index is 14.4. The smallest absolute Gasteiger partial charge is 0.246 e.